The van der Waals surface area contributed by atoms with E-state index < -0.39 is 0 Å². The second-order valence-corrected chi connectivity index (χ2v) is 5.80. The Labute approximate surface area is 104 Å². The third kappa shape index (κ3) is 6.44. The van der Waals surface area contributed by atoms with Crippen LogP contribution in [0.3, 0.4) is 0 Å². The summed E-state index contributed by atoms with van der Waals surface area (Å²) < 4.78 is 10.7. The zero-order chi connectivity index (χ0) is 12.9. The van der Waals surface area contributed by atoms with Gasteiger partial charge in [-0.05, 0) is 26.7 Å². The number of hydrogen-bond donors (Lipinski definition) is 1. The molecule has 0 saturated carbocycles. The maximum absolute atomic E-state index is 5.49. The molecule has 1 aromatic heterocycles. The minimum Gasteiger partial charge on any atom is -0.373 e. The molecule has 0 spiro atoms. The SMILES string of the molecule is CC(C)COCc1cc(CNC(C)(C)C)no1. The van der Waals surface area contributed by atoms with Gasteiger partial charge in [0, 0.05) is 24.8 Å². The van der Waals surface area contributed by atoms with Crippen LogP contribution >= 0.6 is 0 Å². The highest BCUT2D eigenvalue weighted by atomic mass is 16.5. The van der Waals surface area contributed by atoms with Crippen LogP contribution in [0.4, 0.5) is 0 Å². The number of nitrogens with one attached hydrogen (secondary N) is 1. The normalized spacial score (nSPS) is 12.4. The van der Waals surface area contributed by atoms with Crippen molar-refractivity contribution in [3.8, 4) is 0 Å². The molecule has 1 N–H and O–H groups in total. The van der Waals surface area contributed by atoms with E-state index in [1.165, 1.54) is 0 Å². The molecule has 0 radical (unpaired) electrons. The van der Waals surface area contributed by atoms with Crippen LogP contribution in [-0.4, -0.2) is 17.3 Å². The Balaban J connectivity index is 2.32. The van der Waals surface area contributed by atoms with Crippen molar-refractivity contribution in [2.75, 3.05) is 6.61 Å². The van der Waals surface area contributed by atoms with Crippen molar-refractivity contribution in [3.63, 3.8) is 0 Å². The maximum atomic E-state index is 5.49. The molecule has 0 aromatic carbocycles. The molecule has 0 fully saturated rings. The number of hydrogen-bond acceptors (Lipinski definition) is 4. The molecular formula is C13H24N2O2. The summed E-state index contributed by atoms with van der Waals surface area (Å²) in [7, 11) is 0. The highest BCUT2D eigenvalue weighted by Crippen LogP contribution is 2.08. The molecule has 0 bridgehead atoms. The molecule has 98 valence electrons. The van der Waals surface area contributed by atoms with Crippen molar-refractivity contribution in [2.45, 2.75) is 53.3 Å². The summed E-state index contributed by atoms with van der Waals surface area (Å²) in [4.78, 5) is 0. The topological polar surface area (TPSA) is 47.3 Å². The number of aromatic nitrogens is 1. The van der Waals surface area contributed by atoms with Crippen molar-refractivity contribution in [3.05, 3.63) is 17.5 Å². The average molecular weight is 240 g/mol. The van der Waals surface area contributed by atoms with Gasteiger partial charge in [0.1, 0.15) is 6.61 Å². The summed E-state index contributed by atoms with van der Waals surface area (Å²) in [6.07, 6.45) is 0. The summed E-state index contributed by atoms with van der Waals surface area (Å²) in [5.74, 6) is 1.33. The van der Waals surface area contributed by atoms with Crippen LogP contribution < -0.4 is 5.32 Å². The van der Waals surface area contributed by atoms with Crippen LogP contribution in [0.15, 0.2) is 10.6 Å². The van der Waals surface area contributed by atoms with Gasteiger partial charge in [-0.15, -0.1) is 0 Å². The first kappa shape index (κ1) is 14.2. The molecule has 17 heavy (non-hydrogen) atoms. The van der Waals surface area contributed by atoms with E-state index in [-0.39, 0.29) is 5.54 Å². The molecule has 0 aliphatic heterocycles. The van der Waals surface area contributed by atoms with E-state index in [0.717, 1.165) is 24.6 Å². The second kappa shape index (κ2) is 6.17. The van der Waals surface area contributed by atoms with E-state index in [1.54, 1.807) is 0 Å². The minimum absolute atomic E-state index is 0.0905. The van der Waals surface area contributed by atoms with Crippen LogP contribution in [0.1, 0.15) is 46.1 Å². The molecule has 4 heteroatoms. The van der Waals surface area contributed by atoms with Gasteiger partial charge >= 0.3 is 0 Å². The summed E-state index contributed by atoms with van der Waals surface area (Å²) in [6, 6.07) is 1.94. The first-order valence-corrected chi connectivity index (χ1v) is 6.14. The van der Waals surface area contributed by atoms with Gasteiger partial charge in [0.25, 0.3) is 0 Å². The average Bonchev–Trinajstić information content (AvgIpc) is 2.61. The van der Waals surface area contributed by atoms with Crippen molar-refractivity contribution in [1.29, 1.82) is 0 Å². The zero-order valence-corrected chi connectivity index (χ0v) is 11.5. The van der Waals surface area contributed by atoms with Gasteiger partial charge in [-0.3, -0.25) is 0 Å². The lowest BCUT2D eigenvalue weighted by atomic mass is 10.1. The predicted molar refractivity (Wildman–Crippen MR) is 67.6 cm³/mol. The largest absolute Gasteiger partial charge is 0.373 e. The number of nitrogens with zero attached hydrogens (tertiary/aromatic N) is 1. The smallest absolute Gasteiger partial charge is 0.162 e. The van der Waals surface area contributed by atoms with Gasteiger partial charge < -0.3 is 14.6 Å². The third-order valence-electron chi connectivity index (χ3n) is 2.10. The van der Waals surface area contributed by atoms with E-state index in [4.69, 9.17) is 9.26 Å². The Kier molecular flexibility index (Phi) is 5.15. The van der Waals surface area contributed by atoms with Gasteiger partial charge in [-0.2, -0.15) is 0 Å². The van der Waals surface area contributed by atoms with Crippen LogP contribution in [0, 0.1) is 5.92 Å². The molecule has 4 nitrogen and oxygen atoms in total. The molecule has 0 aliphatic rings. The number of ether oxygens (including phenoxy) is 1. The van der Waals surface area contributed by atoms with Gasteiger partial charge in [-0.25, -0.2) is 0 Å². The van der Waals surface area contributed by atoms with Crippen molar-refractivity contribution in [1.82, 2.24) is 10.5 Å². The van der Waals surface area contributed by atoms with Gasteiger partial charge in [0.15, 0.2) is 5.76 Å². The maximum Gasteiger partial charge on any atom is 0.162 e. The Morgan fingerprint density at radius 1 is 1.41 bits per heavy atom. The molecule has 1 aromatic rings. The molecule has 0 unspecified atom stereocenters. The second-order valence-electron chi connectivity index (χ2n) is 5.80. The molecule has 0 aliphatic carbocycles. The van der Waals surface area contributed by atoms with Gasteiger partial charge in [-0.1, -0.05) is 19.0 Å². The lowest BCUT2D eigenvalue weighted by molar-refractivity contribution is 0.0805. The molecule has 0 atom stereocenters. The highest BCUT2D eigenvalue weighted by Gasteiger charge is 2.11. The van der Waals surface area contributed by atoms with E-state index in [9.17, 15) is 0 Å². The first-order valence-electron chi connectivity index (χ1n) is 6.14. The Morgan fingerprint density at radius 2 is 2.12 bits per heavy atom. The number of rotatable bonds is 6. The van der Waals surface area contributed by atoms with Gasteiger partial charge in [0.2, 0.25) is 0 Å². The van der Waals surface area contributed by atoms with E-state index in [2.05, 4.69) is 45.1 Å². The lowest BCUT2D eigenvalue weighted by Gasteiger charge is -2.19. The predicted octanol–water partition coefficient (Wildman–Crippen LogP) is 2.74. The summed E-state index contributed by atoms with van der Waals surface area (Å²) in [5, 5.41) is 7.36. The Bertz CT molecular complexity index is 326. The van der Waals surface area contributed by atoms with Crippen LogP contribution in [0.2, 0.25) is 0 Å². The highest BCUT2D eigenvalue weighted by molar-refractivity contribution is 5.04. The zero-order valence-electron chi connectivity index (χ0n) is 11.5. The van der Waals surface area contributed by atoms with E-state index >= 15 is 0 Å². The minimum atomic E-state index is 0.0905. The third-order valence-corrected chi connectivity index (χ3v) is 2.10. The quantitative estimate of drug-likeness (QED) is 0.830. The van der Waals surface area contributed by atoms with Gasteiger partial charge in [0.05, 0.1) is 5.69 Å². The summed E-state index contributed by atoms with van der Waals surface area (Å²) in [5.41, 5.74) is 1.01. The van der Waals surface area contributed by atoms with Crippen molar-refractivity contribution in [2.24, 2.45) is 5.92 Å². The summed E-state index contributed by atoms with van der Waals surface area (Å²) >= 11 is 0. The molecular weight excluding hydrogens is 216 g/mol. The fourth-order valence-corrected chi connectivity index (χ4v) is 1.26. The summed E-state index contributed by atoms with van der Waals surface area (Å²) in [6.45, 7) is 12.6. The van der Waals surface area contributed by atoms with Crippen molar-refractivity contribution < 1.29 is 9.26 Å². The fraction of sp³-hybridized carbons (Fsp3) is 0.769. The Hall–Kier alpha value is -0.870. The molecule has 1 rings (SSSR count). The van der Waals surface area contributed by atoms with E-state index in [0.29, 0.717) is 12.5 Å². The monoisotopic (exact) mass is 240 g/mol. The molecule has 0 amide bonds. The molecule has 0 saturated heterocycles. The standard InChI is InChI=1S/C13H24N2O2/c1-10(2)8-16-9-12-6-11(15-17-12)7-14-13(3,4)5/h6,10,14H,7-9H2,1-5H3. The lowest BCUT2D eigenvalue weighted by Crippen LogP contribution is -2.35. The first-order chi connectivity index (χ1) is 7.87. The van der Waals surface area contributed by atoms with Crippen LogP contribution in [0.25, 0.3) is 0 Å². The molecule has 1 heterocycles. The van der Waals surface area contributed by atoms with Crippen LogP contribution in [-0.2, 0) is 17.9 Å². The van der Waals surface area contributed by atoms with E-state index in [1.807, 2.05) is 6.07 Å². The Morgan fingerprint density at radius 3 is 2.71 bits per heavy atom. The fourth-order valence-electron chi connectivity index (χ4n) is 1.26. The van der Waals surface area contributed by atoms with Crippen LogP contribution in [0.5, 0.6) is 0 Å². The van der Waals surface area contributed by atoms with Crippen molar-refractivity contribution >= 4 is 0 Å².